The summed E-state index contributed by atoms with van der Waals surface area (Å²) in [6.45, 7) is 3.75. The van der Waals surface area contributed by atoms with Crippen LogP contribution in [0.4, 0.5) is 5.69 Å². The molecule has 0 bridgehead atoms. The molecule has 4 heteroatoms. The van der Waals surface area contributed by atoms with Crippen molar-refractivity contribution in [2.75, 3.05) is 5.32 Å². The summed E-state index contributed by atoms with van der Waals surface area (Å²) < 4.78 is 5.76. The van der Waals surface area contributed by atoms with Crippen molar-refractivity contribution < 1.29 is 4.42 Å². The second kappa shape index (κ2) is 4.81. The summed E-state index contributed by atoms with van der Waals surface area (Å²) >= 11 is 0. The summed E-state index contributed by atoms with van der Waals surface area (Å²) in [6, 6.07) is 13.7. The molecule has 3 aromatic rings. The Kier molecular flexibility index (Phi) is 2.99. The zero-order valence-electron chi connectivity index (χ0n) is 11.4. The van der Waals surface area contributed by atoms with Gasteiger partial charge in [-0.2, -0.15) is 0 Å². The number of hydrogen-bond donors (Lipinski definition) is 2. The molecule has 0 unspecified atom stereocenters. The molecule has 0 saturated heterocycles. The van der Waals surface area contributed by atoms with E-state index in [4.69, 9.17) is 9.83 Å². The third-order valence-corrected chi connectivity index (χ3v) is 3.02. The van der Waals surface area contributed by atoms with Crippen LogP contribution in [0.15, 0.2) is 46.9 Å². The van der Waals surface area contributed by atoms with Gasteiger partial charge in [-0.05, 0) is 44.2 Å². The van der Waals surface area contributed by atoms with Crippen LogP contribution in [0.2, 0.25) is 0 Å². The van der Waals surface area contributed by atoms with Crippen LogP contribution in [0.5, 0.6) is 0 Å². The number of anilines is 1. The van der Waals surface area contributed by atoms with E-state index in [1.54, 1.807) is 6.92 Å². The molecule has 0 fully saturated rings. The van der Waals surface area contributed by atoms with Gasteiger partial charge in [-0.1, -0.05) is 17.7 Å². The van der Waals surface area contributed by atoms with Crippen molar-refractivity contribution in [3.8, 4) is 11.5 Å². The first-order chi connectivity index (χ1) is 9.61. The standard InChI is InChI=1S/C16H15N3O/c1-10-3-5-12(6-4-10)16-19-14-9-13(18-11(2)17)7-8-15(14)20-16/h3-9H,1-2H3,(H2,17,18). The van der Waals surface area contributed by atoms with Crippen LogP contribution in [0, 0.1) is 12.3 Å². The molecule has 0 amide bonds. The van der Waals surface area contributed by atoms with Crippen molar-refractivity contribution in [1.29, 1.82) is 5.41 Å². The lowest BCUT2D eigenvalue weighted by molar-refractivity contribution is 0.620. The normalized spacial score (nSPS) is 10.7. The molecule has 0 radical (unpaired) electrons. The van der Waals surface area contributed by atoms with Gasteiger partial charge >= 0.3 is 0 Å². The highest BCUT2D eigenvalue weighted by molar-refractivity contribution is 5.93. The number of nitrogens with one attached hydrogen (secondary N) is 2. The van der Waals surface area contributed by atoms with E-state index in [0.717, 1.165) is 22.4 Å². The first kappa shape index (κ1) is 12.4. The molecule has 1 aromatic heterocycles. The molecule has 0 aliphatic heterocycles. The predicted molar refractivity (Wildman–Crippen MR) is 81.2 cm³/mol. The average molecular weight is 265 g/mol. The molecule has 2 N–H and O–H groups in total. The number of aryl methyl sites for hydroxylation is 1. The first-order valence-electron chi connectivity index (χ1n) is 6.41. The highest BCUT2D eigenvalue weighted by Crippen LogP contribution is 2.26. The Bertz CT molecular complexity index is 772. The number of amidine groups is 1. The fraction of sp³-hybridized carbons (Fsp3) is 0.125. The van der Waals surface area contributed by atoms with Gasteiger partial charge in [-0.15, -0.1) is 0 Å². The molecule has 0 saturated carbocycles. The minimum absolute atomic E-state index is 0.395. The van der Waals surface area contributed by atoms with E-state index in [2.05, 4.69) is 10.3 Å². The van der Waals surface area contributed by atoms with Crippen LogP contribution in [0.3, 0.4) is 0 Å². The van der Waals surface area contributed by atoms with Gasteiger partial charge in [0.25, 0.3) is 0 Å². The smallest absolute Gasteiger partial charge is 0.227 e. The molecular weight excluding hydrogens is 250 g/mol. The molecule has 3 rings (SSSR count). The lowest BCUT2D eigenvalue weighted by atomic mass is 10.1. The molecular formula is C16H15N3O. The van der Waals surface area contributed by atoms with E-state index in [9.17, 15) is 0 Å². The summed E-state index contributed by atoms with van der Waals surface area (Å²) in [5, 5.41) is 10.4. The highest BCUT2D eigenvalue weighted by Gasteiger charge is 2.08. The third kappa shape index (κ3) is 2.40. The van der Waals surface area contributed by atoms with Gasteiger partial charge in [0.1, 0.15) is 5.52 Å². The zero-order valence-corrected chi connectivity index (χ0v) is 11.4. The molecule has 2 aromatic carbocycles. The van der Waals surface area contributed by atoms with Gasteiger partial charge in [0, 0.05) is 11.3 Å². The van der Waals surface area contributed by atoms with E-state index in [1.807, 2.05) is 49.4 Å². The highest BCUT2D eigenvalue weighted by atomic mass is 16.3. The molecule has 1 heterocycles. The largest absolute Gasteiger partial charge is 0.436 e. The van der Waals surface area contributed by atoms with Crippen molar-refractivity contribution in [2.24, 2.45) is 0 Å². The quantitative estimate of drug-likeness (QED) is 0.539. The van der Waals surface area contributed by atoms with Crippen molar-refractivity contribution >= 4 is 22.6 Å². The summed E-state index contributed by atoms with van der Waals surface area (Å²) in [4.78, 5) is 4.50. The fourth-order valence-corrected chi connectivity index (χ4v) is 2.04. The first-order valence-corrected chi connectivity index (χ1v) is 6.41. The van der Waals surface area contributed by atoms with Crippen molar-refractivity contribution in [3.63, 3.8) is 0 Å². The maximum atomic E-state index is 7.44. The third-order valence-electron chi connectivity index (χ3n) is 3.02. The molecule has 0 aliphatic carbocycles. The molecule has 20 heavy (non-hydrogen) atoms. The number of benzene rings is 2. The number of aromatic nitrogens is 1. The molecule has 100 valence electrons. The van der Waals surface area contributed by atoms with E-state index in [0.29, 0.717) is 11.7 Å². The monoisotopic (exact) mass is 265 g/mol. The Balaban J connectivity index is 2.01. The van der Waals surface area contributed by atoms with Crippen LogP contribution in [-0.2, 0) is 0 Å². The Morgan fingerprint density at radius 2 is 1.90 bits per heavy atom. The van der Waals surface area contributed by atoms with Crippen molar-refractivity contribution in [2.45, 2.75) is 13.8 Å². The molecule has 4 nitrogen and oxygen atoms in total. The second-order valence-electron chi connectivity index (χ2n) is 4.82. The number of rotatable bonds is 2. The zero-order chi connectivity index (χ0) is 14.1. The van der Waals surface area contributed by atoms with Crippen molar-refractivity contribution in [1.82, 2.24) is 4.98 Å². The van der Waals surface area contributed by atoms with Gasteiger partial charge in [0.2, 0.25) is 5.89 Å². The Labute approximate surface area is 117 Å². The lowest BCUT2D eigenvalue weighted by Crippen LogP contribution is -2.04. The van der Waals surface area contributed by atoms with Crippen LogP contribution in [0.25, 0.3) is 22.6 Å². The second-order valence-corrected chi connectivity index (χ2v) is 4.82. The topological polar surface area (TPSA) is 61.9 Å². The predicted octanol–water partition coefficient (Wildman–Crippen LogP) is 4.21. The van der Waals surface area contributed by atoms with Crippen LogP contribution >= 0.6 is 0 Å². The number of hydrogen-bond acceptors (Lipinski definition) is 3. The molecule has 0 aliphatic rings. The summed E-state index contributed by atoms with van der Waals surface area (Å²) in [5.41, 5.74) is 4.54. The summed E-state index contributed by atoms with van der Waals surface area (Å²) in [6.07, 6.45) is 0. The number of fused-ring (bicyclic) bond motifs is 1. The number of nitrogens with zero attached hydrogens (tertiary/aromatic N) is 1. The van der Waals surface area contributed by atoms with Gasteiger partial charge < -0.3 is 9.73 Å². The van der Waals surface area contributed by atoms with Gasteiger partial charge in [0.05, 0.1) is 5.84 Å². The summed E-state index contributed by atoms with van der Waals surface area (Å²) in [7, 11) is 0. The fourth-order valence-electron chi connectivity index (χ4n) is 2.04. The Morgan fingerprint density at radius 1 is 1.15 bits per heavy atom. The maximum absolute atomic E-state index is 7.44. The minimum atomic E-state index is 0.395. The SMILES string of the molecule is CC(=N)Nc1ccc2oc(-c3ccc(C)cc3)nc2c1. The molecule has 0 atom stereocenters. The van der Waals surface area contributed by atoms with Gasteiger partial charge in [-0.25, -0.2) is 4.98 Å². The van der Waals surface area contributed by atoms with E-state index >= 15 is 0 Å². The van der Waals surface area contributed by atoms with Crippen LogP contribution < -0.4 is 5.32 Å². The maximum Gasteiger partial charge on any atom is 0.227 e. The average Bonchev–Trinajstić information content (AvgIpc) is 2.81. The minimum Gasteiger partial charge on any atom is -0.436 e. The molecule has 0 spiro atoms. The van der Waals surface area contributed by atoms with Crippen LogP contribution in [0.1, 0.15) is 12.5 Å². The van der Waals surface area contributed by atoms with Gasteiger partial charge in [-0.3, -0.25) is 5.41 Å². The Hall–Kier alpha value is -2.62. The van der Waals surface area contributed by atoms with E-state index in [1.165, 1.54) is 5.56 Å². The van der Waals surface area contributed by atoms with Crippen molar-refractivity contribution in [3.05, 3.63) is 48.0 Å². The summed E-state index contributed by atoms with van der Waals surface area (Å²) in [5.74, 6) is 1.01. The van der Waals surface area contributed by atoms with E-state index < -0.39 is 0 Å². The van der Waals surface area contributed by atoms with Gasteiger partial charge in [0.15, 0.2) is 5.58 Å². The van der Waals surface area contributed by atoms with Crippen LogP contribution in [-0.4, -0.2) is 10.8 Å². The number of oxazole rings is 1. The lowest BCUT2D eigenvalue weighted by Gasteiger charge is -2.01. The Morgan fingerprint density at radius 3 is 2.60 bits per heavy atom. The van der Waals surface area contributed by atoms with E-state index in [-0.39, 0.29) is 0 Å².